The topological polar surface area (TPSA) is 59.4 Å². The molecule has 0 aliphatic heterocycles. The van der Waals surface area contributed by atoms with Gasteiger partial charge in [-0.2, -0.15) is 0 Å². The molecule has 0 spiro atoms. The minimum absolute atomic E-state index is 0.557. The SMILES string of the molecule is Cc1cccc(C)c1OCCc1ncc(/C=C/C(=O)O)s1. The zero-order valence-corrected chi connectivity index (χ0v) is 12.8. The fraction of sp³-hybridized carbons (Fsp3) is 0.250. The summed E-state index contributed by atoms with van der Waals surface area (Å²) in [5.41, 5.74) is 2.25. The molecular weight excluding hydrogens is 286 g/mol. The minimum atomic E-state index is -0.955. The van der Waals surface area contributed by atoms with Crippen molar-refractivity contribution in [3.05, 3.63) is 51.5 Å². The Balaban J connectivity index is 1.91. The Morgan fingerprint density at radius 3 is 2.76 bits per heavy atom. The van der Waals surface area contributed by atoms with Gasteiger partial charge in [-0.25, -0.2) is 9.78 Å². The van der Waals surface area contributed by atoms with Gasteiger partial charge in [0.2, 0.25) is 0 Å². The van der Waals surface area contributed by atoms with Crippen LogP contribution in [0.25, 0.3) is 6.08 Å². The van der Waals surface area contributed by atoms with Crippen molar-refractivity contribution < 1.29 is 14.6 Å². The highest BCUT2D eigenvalue weighted by Crippen LogP contribution is 2.23. The van der Waals surface area contributed by atoms with Crippen molar-refractivity contribution >= 4 is 23.4 Å². The van der Waals surface area contributed by atoms with Gasteiger partial charge in [-0.15, -0.1) is 11.3 Å². The molecule has 110 valence electrons. The molecule has 1 heterocycles. The van der Waals surface area contributed by atoms with E-state index in [1.807, 2.05) is 32.0 Å². The van der Waals surface area contributed by atoms with E-state index in [4.69, 9.17) is 9.84 Å². The summed E-state index contributed by atoms with van der Waals surface area (Å²) in [5.74, 6) is -0.0247. The van der Waals surface area contributed by atoms with Crippen LogP contribution in [0.1, 0.15) is 21.0 Å². The van der Waals surface area contributed by atoms with Crippen LogP contribution in [-0.4, -0.2) is 22.7 Å². The highest BCUT2D eigenvalue weighted by molar-refractivity contribution is 7.12. The molecule has 4 nitrogen and oxygen atoms in total. The quantitative estimate of drug-likeness (QED) is 0.830. The maximum absolute atomic E-state index is 10.4. The van der Waals surface area contributed by atoms with Crippen molar-refractivity contribution in [1.82, 2.24) is 4.98 Å². The highest BCUT2D eigenvalue weighted by atomic mass is 32.1. The monoisotopic (exact) mass is 303 g/mol. The molecule has 0 bridgehead atoms. The van der Waals surface area contributed by atoms with Gasteiger partial charge in [0.05, 0.1) is 11.6 Å². The number of ether oxygens (including phenoxy) is 1. The van der Waals surface area contributed by atoms with Gasteiger partial charge in [-0.1, -0.05) is 18.2 Å². The van der Waals surface area contributed by atoms with Gasteiger partial charge in [-0.3, -0.25) is 0 Å². The zero-order valence-electron chi connectivity index (χ0n) is 12.0. The number of aromatic nitrogens is 1. The standard InChI is InChI=1S/C16H17NO3S/c1-11-4-3-5-12(2)16(11)20-9-8-14-17-10-13(21-14)6-7-15(18)19/h3-7,10H,8-9H2,1-2H3,(H,18,19)/b7-6+. The molecule has 0 fully saturated rings. The molecule has 0 radical (unpaired) electrons. The first kappa shape index (κ1) is 15.3. The number of carbonyl (C=O) groups is 1. The molecule has 0 atom stereocenters. The number of carboxylic acid groups (broad SMARTS) is 1. The summed E-state index contributed by atoms with van der Waals surface area (Å²) in [6.45, 7) is 4.61. The fourth-order valence-corrected chi connectivity index (χ4v) is 2.74. The molecule has 2 rings (SSSR count). The number of benzene rings is 1. The lowest BCUT2D eigenvalue weighted by Crippen LogP contribution is -2.03. The molecular formula is C16H17NO3S. The number of hydrogen-bond acceptors (Lipinski definition) is 4. The number of nitrogens with zero attached hydrogens (tertiary/aromatic N) is 1. The molecule has 0 amide bonds. The van der Waals surface area contributed by atoms with Crippen molar-refractivity contribution in [2.45, 2.75) is 20.3 Å². The molecule has 0 aliphatic carbocycles. The van der Waals surface area contributed by atoms with E-state index in [0.717, 1.165) is 32.8 Å². The van der Waals surface area contributed by atoms with E-state index in [9.17, 15) is 4.79 Å². The van der Waals surface area contributed by atoms with Crippen LogP contribution in [0.3, 0.4) is 0 Å². The molecule has 5 heteroatoms. The van der Waals surface area contributed by atoms with Gasteiger partial charge < -0.3 is 9.84 Å². The second-order valence-corrected chi connectivity index (χ2v) is 5.79. The van der Waals surface area contributed by atoms with Crippen molar-refractivity contribution in [3.8, 4) is 5.75 Å². The van der Waals surface area contributed by atoms with E-state index in [-0.39, 0.29) is 0 Å². The van der Waals surface area contributed by atoms with Crippen LogP contribution < -0.4 is 4.74 Å². The number of aliphatic carboxylic acids is 1. The third-order valence-electron chi connectivity index (χ3n) is 2.93. The smallest absolute Gasteiger partial charge is 0.328 e. The fourth-order valence-electron chi connectivity index (χ4n) is 1.94. The van der Waals surface area contributed by atoms with Crippen LogP contribution in [-0.2, 0) is 11.2 Å². The Morgan fingerprint density at radius 2 is 2.10 bits per heavy atom. The molecule has 2 aromatic rings. The highest BCUT2D eigenvalue weighted by Gasteiger charge is 2.05. The number of para-hydroxylation sites is 1. The lowest BCUT2D eigenvalue weighted by Gasteiger charge is -2.10. The summed E-state index contributed by atoms with van der Waals surface area (Å²) in [4.78, 5) is 15.5. The summed E-state index contributed by atoms with van der Waals surface area (Å²) in [7, 11) is 0. The van der Waals surface area contributed by atoms with Crippen molar-refractivity contribution in [1.29, 1.82) is 0 Å². The number of aryl methyl sites for hydroxylation is 2. The van der Waals surface area contributed by atoms with E-state index in [2.05, 4.69) is 4.98 Å². The zero-order chi connectivity index (χ0) is 15.2. The Labute approximate surface area is 127 Å². The van der Waals surface area contributed by atoms with Gasteiger partial charge in [-0.05, 0) is 31.1 Å². The normalized spacial score (nSPS) is 11.0. The molecule has 0 aliphatic rings. The third-order valence-corrected chi connectivity index (χ3v) is 3.96. The first-order valence-electron chi connectivity index (χ1n) is 6.61. The number of rotatable bonds is 6. The van der Waals surface area contributed by atoms with Gasteiger partial charge in [0.1, 0.15) is 5.75 Å². The van der Waals surface area contributed by atoms with E-state index in [0.29, 0.717) is 13.0 Å². The molecule has 1 aromatic heterocycles. The Morgan fingerprint density at radius 1 is 1.38 bits per heavy atom. The summed E-state index contributed by atoms with van der Waals surface area (Å²) in [6.07, 6.45) is 5.05. The van der Waals surface area contributed by atoms with Gasteiger partial charge >= 0.3 is 5.97 Å². The third kappa shape index (κ3) is 4.43. The number of hydrogen-bond donors (Lipinski definition) is 1. The van der Waals surface area contributed by atoms with Crippen molar-refractivity contribution in [3.63, 3.8) is 0 Å². The molecule has 21 heavy (non-hydrogen) atoms. The summed E-state index contributed by atoms with van der Waals surface area (Å²) >= 11 is 1.48. The maximum atomic E-state index is 10.4. The Hall–Kier alpha value is -2.14. The summed E-state index contributed by atoms with van der Waals surface area (Å²) in [6, 6.07) is 6.07. The van der Waals surface area contributed by atoms with Crippen LogP contribution in [0.4, 0.5) is 0 Å². The van der Waals surface area contributed by atoms with E-state index < -0.39 is 5.97 Å². The molecule has 1 aromatic carbocycles. The molecule has 0 saturated heterocycles. The van der Waals surface area contributed by atoms with Gasteiger partial charge in [0.15, 0.2) is 0 Å². The van der Waals surface area contributed by atoms with E-state index in [1.165, 1.54) is 11.3 Å². The van der Waals surface area contributed by atoms with Crippen LogP contribution in [0, 0.1) is 13.8 Å². The Kier molecular flexibility index (Phi) is 5.11. The second-order valence-electron chi connectivity index (χ2n) is 4.65. The average molecular weight is 303 g/mol. The van der Waals surface area contributed by atoms with Crippen molar-refractivity contribution in [2.75, 3.05) is 6.61 Å². The average Bonchev–Trinajstić information content (AvgIpc) is 2.88. The lowest BCUT2D eigenvalue weighted by molar-refractivity contribution is -0.131. The summed E-state index contributed by atoms with van der Waals surface area (Å²) < 4.78 is 5.83. The minimum Gasteiger partial charge on any atom is -0.493 e. The lowest BCUT2D eigenvalue weighted by atomic mass is 10.1. The van der Waals surface area contributed by atoms with E-state index in [1.54, 1.807) is 12.3 Å². The predicted molar refractivity (Wildman–Crippen MR) is 83.9 cm³/mol. The predicted octanol–water partition coefficient (Wildman–Crippen LogP) is 3.48. The first-order valence-corrected chi connectivity index (χ1v) is 7.42. The van der Waals surface area contributed by atoms with Gasteiger partial charge in [0, 0.05) is 23.6 Å². The Bertz CT molecular complexity index is 641. The number of thiazole rings is 1. The van der Waals surface area contributed by atoms with Crippen LogP contribution in [0.15, 0.2) is 30.5 Å². The number of carboxylic acids is 1. The molecule has 0 saturated carbocycles. The first-order chi connectivity index (χ1) is 10.1. The van der Waals surface area contributed by atoms with E-state index >= 15 is 0 Å². The second kappa shape index (κ2) is 7.04. The van der Waals surface area contributed by atoms with Crippen LogP contribution >= 0.6 is 11.3 Å². The van der Waals surface area contributed by atoms with Crippen LogP contribution in [0.2, 0.25) is 0 Å². The molecule has 1 N–H and O–H groups in total. The molecule has 0 unspecified atom stereocenters. The van der Waals surface area contributed by atoms with Crippen LogP contribution in [0.5, 0.6) is 5.75 Å². The largest absolute Gasteiger partial charge is 0.493 e. The van der Waals surface area contributed by atoms with Crippen molar-refractivity contribution in [2.24, 2.45) is 0 Å². The maximum Gasteiger partial charge on any atom is 0.328 e. The summed E-state index contributed by atoms with van der Waals surface area (Å²) in [5, 5.41) is 9.51. The van der Waals surface area contributed by atoms with Gasteiger partial charge in [0.25, 0.3) is 0 Å².